The predicted octanol–water partition coefficient (Wildman–Crippen LogP) is 2.32. The molecule has 0 radical (unpaired) electrons. The fourth-order valence-electron chi connectivity index (χ4n) is 2.17. The average Bonchev–Trinajstić information content (AvgIpc) is 2.65. The average molecular weight is 277 g/mol. The van der Waals surface area contributed by atoms with E-state index in [9.17, 15) is 4.79 Å². The third kappa shape index (κ3) is 3.37. The van der Waals surface area contributed by atoms with Crippen LogP contribution < -0.4 is 5.32 Å². The molecule has 1 aromatic heterocycles. The van der Waals surface area contributed by atoms with Crippen LogP contribution in [0.2, 0.25) is 0 Å². The van der Waals surface area contributed by atoms with E-state index >= 15 is 0 Å². The lowest BCUT2D eigenvalue weighted by molar-refractivity contribution is 0.0913. The van der Waals surface area contributed by atoms with Crippen LogP contribution in [-0.2, 0) is 0 Å². The zero-order valence-electron chi connectivity index (χ0n) is 11.3. The van der Waals surface area contributed by atoms with Crippen LogP contribution in [0.1, 0.15) is 46.3 Å². The van der Waals surface area contributed by atoms with Crippen LogP contribution in [-0.4, -0.2) is 23.7 Å². The summed E-state index contributed by atoms with van der Waals surface area (Å²) in [5.41, 5.74) is 0.993. The van der Waals surface area contributed by atoms with E-state index in [0.717, 1.165) is 10.4 Å². The molecule has 1 amide bonds. The summed E-state index contributed by atoms with van der Waals surface area (Å²) in [6.07, 6.45) is 3.72. The number of carbonyl (C=O) groups is 1. The molecule has 0 spiro atoms. The first kappa shape index (κ1) is 14.1. The van der Waals surface area contributed by atoms with E-state index in [4.69, 9.17) is 5.11 Å². The van der Waals surface area contributed by atoms with Crippen molar-refractivity contribution in [3.05, 3.63) is 21.4 Å². The molecule has 1 aliphatic rings. The number of thiophene rings is 1. The molecule has 0 bridgehead atoms. The number of aryl methyl sites for hydroxylation is 1. The van der Waals surface area contributed by atoms with Gasteiger partial charge < -0.3 is 10.4 Å². The maximum Gasteiger partial charge on any atom is 0.261 e. The molecule has 3 nitrogen and oxygen atoms in total. The molecule has 1 heterocycles. The summed E-state index contributed by atoms with van der Waals surface area (Å²) in [4.78, 5) is 13.7. The zero-order chi connectivity index (χ0) is 13.8. The van der Waals surface area contributed by atoms with E-state index in [1.165, 1.54) is 30.6 Å². The van der Waals surface area contributed by atoms with Gasteiger partial charge in [0.1, 0.15) is 6.61 Å². The van der Waals surface area contributed by atoms with Crippen molar-refractivity contribution >= 4 is 17.2 Å². The quantitative estimate of drug-likeness (QED) is 0.833. The van der Waals surface area contributed by atoms with Gasteiger partial charge in [0.05, 0.1) is 9.75 Å². The minimum atomic E-state index is -0.155. The first-order chi connectivity index (χ1) is 9.11. The number of carbonyl (C=O) groups excluding carboxylic acids is 1. The number of rotatable bonds is 3. The minimum Gasteiger partial charge on any atom is -0.384 e. The lowest BCUT2D eigenvalue weighted by Gasteiger charge is -2.31. The summed E-state index contributed by atoms with van der Waals surface area (Å²) < 4.78 is 0. The lowest BCUT2D eigenvalue weighted by atomic mass is 9.80. The van der Waals surface area contributed by atoms with Crippen LogP contribution >= 0.6 is 11.3 Å². The summed E-state index contributed by atoms with van der Waals surface area (Å²) in [5.74, 6) is 6.12. The number of aliphatic hydroxyl groups is 1. The summed E-state index contributed by atoms with van der Waals surface area (Å²) in [5, 5.41) is 11.8. The number of nitrogens with one attached hydrogen (secondary N) is 1. The molecule has 1 aromatic rings. The van der Waals surface area contributed by atoms with Crippen molar-refractivity contribution in [2.45, 2.75) is 39.2 Å². The molecular weight excluding hydrogens is 258 g/mol. The van der Waals surface area contributed by atoms with E-state index in [-0.39, 0.29) is 18.6 Å². The highest BCUT2D eigenvalue weighted by Crippen LogP contribution is 2.29. The SMILES string of the molecule is Cc1cc(C(=O)NC(C)C2CCC2)sc1C#CCO. The van der Waals surface area contributed by atoms with Crippen molar-refractivity contribution in [3.63, 3.8) is 0 Å². The van der Waals surface area contributed by atoms with Gasteiger partial charge >= 0.3 is 0 Å². The molecule has 1 fully saturated rings. The van der Waals surface area contributed by atoms with Gasteiger partial charge in [-0.25, -0.2) is 0 Å². The van der Waals surface area contributed by atoms with E-state index < -0.39 is 0 Å². The standard InChI is InChI=1S/C15H19NO2S/c1-10-9-14(19-13(10)7-4-8-17)15(18)16-11(2)12-5-3-6-12/h9,11-12,17H,3,5-6,8H2,1-2H3,(H,16,18). The van der Waals surface area contributed by atoms with Crippen LogP contribution in [0.4, 0.5) is 0 Å². The molecule has 4 heteroatoms. The fraction of sp³-hybridized carbons (Fsp3) is 0.533. The number of hydrogen-bond acceptors (Lipinski definition) is 3. The third-order valence-electron chi connectivity index (χ3n) is 3.64. The Hall–Kier alpha value is -1.31. The molecule has 2 rings (SSSR count). The van der Waals surface area contributed by atoms with Gasteiger partial charge in [-0.05, 0) is 44.2 Å². The lowest BCUT2D eigenvalue weighted by Crippen LogP contribution is -2.40. The van der Waals surface area contributed by atoms with Crippen LogP contribution in [0.5, 0.6) is 0 Å². The predicted molar refractivity (Wildman–Crippen MR) is 77.3 cm³/mol. The van der Waals surface area contributed by atoms with Gasteiger partial charge in [-0.3, -0.25) is 4.79 Å². The Balaban J connectivity index is 2.02. The molecule has 102 valence electrons. The molecule has 0 aromatic carbocycles. The van der Waals surface area contributed by atoms with E-state index in [1.54, 1.807) is 0 Å². The Morgan fingerprint density at radius 3 is 2.95 bits per heavy atom. The normalized spacial score (nSPS) is 16.2. The Morgan fingerprint density at radius 1 is 1.63 bits per heavy atom. The van der Waals surface area contributed by atoms with Gasteiger partial charge in [0.15, 0.2) is 0 Å². The molecule has 0 saturated heterocycles. The summed E-state index contributed by atoms with van der Waals surface area (Å²) in [6, 6.07) is 2.12. The van der Waals surface area contributed by atoms with Crippen LogP contribution in [0.3, 0.4) is 0 Å². The molecule has 1 atom stereocenters. The largest absolute Gasteiger partial charge is 0.384 e. The summed E-state index contributed by atoms with van der Waals surface area (Å²) >= 11 is 1.39. The summed E-state index contributed by atoms with van der Waals surface area (Å²) in [7, 11) is 0. The maximum absolute atomic E-state index is 12.1. The second kappa shape index (κ2) is 6.23. The van der Waals surface area contributed by atoms with Gasteiger partial charge in [-0.1, -0.05) is 18.3 Å². The molecule has 1 saturated carbocycles. The molecule has 1 unspecified atom stereocenters. The highest BCUT2D eigenvalue weighted by Gasteiger charge is 2.25. The Labute approximate surface area is 118 Å². The van der Waals surface area contributed by atoms with Crippen LogP contribution in [0.25, 0.3) is 0 Å². The number of hydrogen-bond donors (Lipinski definition) is 2. The van der Waals surface area contributed by atoms with Crippen LogP contribution in [0, 0.1) is 24.7 Å². The van der Waals surface area contributed by atoms with Crippen molar-refractivity contribution in [1.82, 2.24) is 5.32 Å². The second-order valence-corrected chi connectivity index (χ2v) is 6.09. The maximum atomic E-state index is 12.1. The van der Waals surface area contributed by atoms with Gasteiger partial charge in [-0.15, -0.1) is 11.3 Å². The first-order valence-corrected chi connectivity index (χ1v) is 7.44. The van der Waals surface area contributed by atoms with E-state index in [2.05, 4.69) is 24.1 Å². The van der Waals surface area contributed by atoms with Crippen molar-refractivity contribution in [2.24, 2.45) is 5.92 Å². The fourth-order valence-corrected chi connectivity index (χ4v) is 3.12. The van der Waals surface area contributed by atoms with Crippen molar-refractivity contribution in [2.75, 3.05) is 6.61 Å². The van der Waals surface area contributed by atoms with Crippen molar-refractivity contribution in [1.29, 1.82) is 0 Å². The Bertz CT molecular complexity index is 520. The van der Waals surface area contributed by atoms with Gasteiger partial charge in [0, 0.05) is 6.04 Å². The van der Waals surface area contributed by atoms with Gasteiger partial charge in [-0.2, -0.15) is 0 Å². The summed E-state index contributed by atoms with van der Waals surface area (Å²) in [6.45, 7) is 3.86. The number of amides is 1. The minimum absolute atomic E-state index is 0.00968. The smallest absolute Gasteiger partial charge is 0.261 e. The highest BCUT2D eigenvalue weighted by atomic mass is 32.1. The molecule has 1 aliphatic carbocycles. The van der Waals surface area contributed by atoms with Gasteiger partial charge in [0.25, 0.3) is 5.91 Å². The van der Waals surface area contributed by atoms with Gasteiger partial charge in [0.2, 0.25) is 0 Å². The van der Waals surface area contributed by atoms with Crippen molar-refractivity contribution < 1.29 is 9.90 Å². The first-order valence-electron chi connectivity index (χ1n) is 6.63. The molecule has 2 N–H and O–H groups in total. The molecule has 0 aliphatic heterocycles. The van der Waals surface area contributed by atoms with Crippen LogP contribution in [0.15, 0.2) is 6.07 Å². The molecular formula is C15H19NO2S. The Morgan fingerprint density at radius 2 is 2.37 bits per heavy atom. The topological polar surface area (TPSA) is 49.3 Å². The zero-order valence-corrected chi connectivity index (χ0v) is 12.1. The monoisotopic (exact) mass is 277 g/mol. The molecule has 19 heavy (non-hydrogen) atoms. The van der Waals surface area contributed by atoms with E-state index in [0.29, 0.717) is 10.8 Å². The van der Waals surface area contributed by atoms with Crippen molar-refractivity contribution in [3.8, 4) is 11.8 Å². The third-order valence-corrected chi connectivity index (χ3v) is 4.79. The van der Waals surface area contributed by atoms with E-state index in [1.807, 2.05) is 13.0 Å². The number of aliphatic hydroxyl groups excluding tert-OH is 1. The Kier molecular flexibility index (Phi) is 4.62. The highest BCUT2D eigenvalue weighted by molar-refractivity contribution is 7.14. The second-order valence-electron chi connectivity index (χ2n) is 5.04.